The minimum atomic E-state index is -0.288. The quantitative estimate of drug-likeness (QED) is 0.738. The number of unbranched alkanes of at least 4 members (excludes halogenated alkanes) is 1. The summed E-state index contributed by atoms with van der Waals surface area (Å²) in [6.07, 6.45) is 2.63. The van der Waals surface area contributed by atoms with Gasteiger partial charge in [-0.05, 0) is 42.7 Å². The van der Waals surface area contributed by atoms with Gasteiger partial charge >= 0.3 is 0 Å². The van der Waals surface area contributed by atoms with Crippen LogP contribution in [0.2, 0.25) is 0 Å². The number of nitrogens with zero attached hydrogens (tertiary/aromatic N) is 2. The number of aromatic nitrogens is 1. The number of pyridine rings is 1. The molecule has 0 atom stereocenters. The van der Waals surface area contributed by atoms with Crippen molar-refractivity contribution in [3.8, 4) is 5.75 Å². The molecule has 1 aromatic heterocycles. The minimum Gasteiger partial charge on any atom is -0.497 e. The highest BCUT2D eigenvalue weighted by molar-refractivity contribution is 5.96. The van der Waals surface area contributed by atoms with Gasteiger partial charge in [0.1, 0.15) is 17.1 Å². The SMILES string of the molecule is CCCCN(C)C(=O)c1cccc(C(=O)NCCc2cccc(OC)c2)n1. The Morgan fingerprint density at radius 2 is 1.89 bits per heavy atom. The van der Waals surface area contributed by atoms with E-state index < -0.39 is 0 Å². The van der Waals surface area contributed by atoms with Crippen molar-refractivity contribution in [2.45, 2.75) is 26.2 Å². The summed E-state index contributed by atoms with van der Waals surface area (Å²) in [6, 6.07) is 12.7. The van der Waals surface area contributed by atoms with E-state index in [2.05, 4.69) is 17.2 Å². The molecule has 1 aromatic carbocycles. The molecule has 0 spiro atoms. The normalized spacial score (nSPS) is 10.3. The maximum atomic E-state index is 12.4. The molecule has 0 aliphatic rings. The van der Waals surface area contributed by atoms with Gasteiger partial charge in [-0.25, -0.2) is 4.98 Å². The number of carbonyl (C=O) groups excluding carboxylic acids is 2. The number of hydrogen-bond donors (Lipinski definition) is 1. The first-order valence-electron chi connectivity index (χ1n) is 9.18. The molecule has 0 fully saturated rings. The van der Waals surface area contributed by atoms with Gasteiger partial charge in [-0.2, -0.15) is 0 Å². The number of benzene rings is 1. The topological polar surface area (TPSA) is 71.5 Å². The first-order valence-corrected chi connectivity index (χ1v) is 9.18. The van der Waals surface area contributed by atoms with Gasteiger partial charge in [0.15, 0.2) is 0 Å². The largest absolute Gasteiger partial charge is 0.497 e. The number of methoxy groups -OCH3 is 1. The van der Waals surface area contributed by atoms with Crippen LogP contribution in [0.15, 0.2) is 42.5 Å². The van der Waals surface area contributed by atoms with Crippen molar-refractivity contribution < 1.29 is 14.3 Å². The zero-order valence-corrected chi connectivity index (χ0v) is 16.2. The molecular formula is C21H27N3O3. The van der Waals surface area contributed by atoms with E-state index in [1.807, 2.05) is 24.3 Å². The lowest BCUT2D eigenvalue weighted by atomic mass is 10.1. The van der Waals surface area contributed by atoms with Crippen molar-refractivity contribution >= 4 is 11.8 Å². The third-order valence-electron chi connectivity index (χ3n) is 4.23. The highest BCUT2D eigenvalue weighted by atomic mass is 16.5. The molecule has 1 heterocycles. The molecule has 6 heteroatoms. The smallest absolute Gasteiger partial charge is 0.272 e. The molecule has 6 nitrogen and oxygen atoms in total. The molecule has 0 aliphatic carbocycles. The van der Waals surface area contributed by atoms with E-state index in [1.165, 1.54) is 0 Å². The molecule has 2 aromatic rings. The zero-order valence-electron chi connectivity index (χ0n) is 16.2. The van der Waals surface area contributed by atoms with Crippen molar-refractivity contribution in [3.63, 3.8) is 0 Å². The van der Waals surface area contributed by atoms with E-state index in [9.17, 15) is 9.59 Å². The Kier molecular flexibility index (Phi) is 7.79. The van der Waals surface area contributed by atoms with Crippen LogP contribution in [0.4, 0.5) is 0 Å². The standard InChI is InChI=1S/C21H27N3O3/c1-4-5-14-24(2)21(26)19-11-7-10-18(23-19)20(25)22-13-12-16-8-6-9-17(15-16)27-3/h6-11,15H,4-5,12-14H2,1-3H3,(H,22,25). The molecule has 0 saturated carbocycles. The van der Waals surface area contributed by atoms with Gasteiger partial charge in [0.2, 0.25) is 0 Å². The van der Waals surface area contributed by atoms with Crippen molar-refractivity contribution in [2.24, 2.45) is 0 Å². The minimum absolute atomic E-state index is 0.172. The van der Waals surface area contributed by atoms with Crippen LogP contribution in [0.1, 0.15) is 46.3 Å². The van der Waals surface area contributed by atoms with Gasteiger partial charge in [-0.15, -0.1) is 0 Å². The van der Waals surface area contributed by atoms with Crippen LogP contribution < -0.4 is 10.1 Å². The van der Waals surface area contributed by atoms with Crippen LogP contribution in [-0.2, 0) is 6.42 Å². The second-order valence-corrected chi connectivity index (χ2v) is 6.35. The van der Waals surface area contributed by atoms with Gasteiger partial charge in [0, 0.05) is 20.1 Å². The Morgan fingerprint density at radius 3 is 2.63 bits per heavy atom. The molecule has 2 rings (SSSR count). The van der Waals surface area contributed by atoms with Crippen LogP contribution in [0, 0.1) is 0 Å². The maximum absolute atomic E-state index is 12.4. The summed E-state index contributed by atoms with van der Waals surface area (Å²) in [6.45, 7) is 3.23. The second kappa shape index (κ2) is 10.3. The Balaban J connectivity index is 1.93. The summed E-state index contributed by atoms with van der Waals surface area (Å²) in [4.78, 5) is 30.6. The summed E-state index contributed by atoms with van der Waals surface area (Å²) in [5.74, 6) is 0.331. The molecular weight excluding hydrogens is 342 g/mol. The molecule has 0 bridgehead atoms. The monoisotopic (exact) mass is 369 g/mol. The number of hydrogen-bond acceptors (Lipinski definition) is 4. The zero-order chi connectivity index (χ0) is 19.6. The van der Waals surface area contributed by atoms with Crippen molar-refractivity contribution in [1.29, 1.82) is 0 Å². The first kappa shape index (κ1) is 20.4. The molecule has 0 unspecified atom stereocenters. The Hall–Kier alpha value is -2.89. The van der Waals surface area contributed by atoms with Gasteiger partial charge in [0.25, 0.3) is 11.8 Å². The molecule has 0 aliphatic heterocycles. The van der Waals surface area contributed by atoms with Gasteiger partial charge < -0.3 is 15.0 Å². The van der Waals surface area contributed by atoms with Crippen LogP contribution >= 0.6 is 0 Å². The van der Waals surface area contributed by atoms with Gasteiger partial charge in [-0.3, -0.25) is 9.59 Å². The third kappa shape index (κ3) is 6.09. The van der Waals surface area contributed by atoms with E-state index in [0.29, 0.717) is 19.5 Å². The second-order valence-electron chi connectivity index (χ2n) is 6.35. The number of amides is 2. The molecule has 0 saturated heterocycles. The Labute approximate surface area is 160 Å². The molecule has 2 amide bonds. The Morgan fingerprint density at radius 1 is 1.15 bits per heavy atom. The molecule has 144 valence electrons. The summed E-state index contributed by atoms with van der Waals surface area (Å²) in [5.41, 5.74) is 1.61. The maximum Gasteiger partial charge on any atom is 0.272 e. The predicted molar refractivity (Wildman–Crippen MR) is 105 cm³/mol. The van der Waals surface area contributed by atoms with E-state index >= 15 is 0 Å². The van der Waals surface area contributed by atoms with Crippen molar-refractivity contribution in [1.82, 2.24) is 15.2 Å². The van der Waals surface area contributed by atoms with Gasteiger partial charge in [-0.1, -0.05) is 31.5 Å². The van der Waals surface area contributed by atoms with Crippen LogP contribution in [0.25, 0.3) is 0 Å². The number of carbonyl (C=O) groups is 2. The van der Waals surface area contributed by atoms with Crippen molar-refractivity contribution in [3.05, 3.63) is 59.4 Å². The average Bonchev–Trinajstić information content (AvgIpc) is 2.71. The van der Waals surface area contributed by atoms with E-state index in [-0.39, 0.29) is 23.2 Å². The van der Waals surface area contributed by atoms with Gasteiger partial charge in [0.05, 0.1) is 7.11 Å². The third-order valence-corrected chi connectivity index (χ3v) is 4.23. The highest BCUT2D eigenvalue weighted by Crippen LogP contribution is 2.12. The van der Waals surface area contributed by atoms with E-state index in [0.717, 1.165) is 24.2 Å². The lowest BCUT2D eigenvalue weighted by Crippen LogP contribution is -2.30. The fourth-order valence-corrected chi connectivity index (χ4v) is 2.61. The summed E-state index contributed by atoms with van der Waals surface area (Å²) < 4.78 is 5.20. The molecule has 27 heavy (non-hydrogen) atoms. The summed E-state index contributed by atoms with van der Waals surface area (Å²) in [5, 5.41) is 2.85. The van der Waals surface area contributed by atoms with E-state index in [4.69, 9.17) is 4.74 Å². The molecule has 0 radical (unpaired) electrons. The predicted octanol–water partition coefficient (Wildman–Crippen LogP) is 2.93. The fraction of sp³-hybridized carbons (Fsp3) is 0.381. The van der Waals surface area contributed by atoms with Crippen molar-refractivity contribution in [2.75, 3.05) is 27.2 Å². The van der Waals surface area contributed by atoms with Crippen LogP contribution in [0.5, 0.6) is 5.75 Å². The lowest BCUT2D eigenvalue weighted by Gasteiger charge is -2.16. The number of ether oxygens (including phenoxy) is 1. The molecule has 1 N–H and O–H groups in total. The number of rotatable bonds is 9. The lowest BCUT2D eigenvalue weighted by molar-refractivity contribution is 0.0787. The first-order chi connectivity index (χ1) is 13.0. The number of nitrogens with one attached hydrogen (secondary N) is 1. The van der Waals surface area contributed by atoms with Crippen LogP contribution in [0.3, 0.4) is 0 Å². The summed E-state index contributed by atoms with van der Waals surface area (Å²) >= 11 is 0. The van der Waals surface area contributed by atoms with Crippen LogP contribution in [-0.4, -0.2) is 48.9 Å². The average molecular weight is 369 g/mol. The highest BCUT2D eigenvalue weighted by Gasteiger charge is 2.15. The fourth-order valence-electron chi connectivity index (χ4n) is 2.61. The summed E-state index contributed by atoms with van der Waals surface area (Å²) in [7, 11) is 3.38. The Bertz CT molecular complexity index is 777. The van der Waals surface area contributed by atoms with E-state index in [1.54, 1.807) is 37.3 Å².